The van der Waals surface area contributed by atoms with E-state index in [-0.39, 0.29) is 35.8 Å². The van der Waals surface area contributed by atoms with Crippen LogP contribution in [0.1, 0.15) is 49.4 Å². The highest BCUT2D eigenvalue weighted by Crippen LogP contribution is 2.21. The largest absolute Gasteiger partial charge is 0.349 e. The van der Waals surface area contributed by atoms with Crippen LogP contribution < -0.4 is 5.32 Å². The molecule has 0 unspecified atom stereocenters. The van der Waals surface area contributed by atoms with Gasteiger partial charge in [-0.3, -0.25) is 9.59 Å². The van der Waals surface area contributed by atoms with Crippen LogP contribution in [0.4, 0.5) is 0 Å². The van der Waals surface area contributed by atoms with E-state index in [1.54, 1.807) is 17.0 Å². The number of sulfonamides is 1. The Kier molecular flexibility index (Phi) is 6.16. The van der Waals surface area contributed by atoms with Gasteiger partial charge < -0.3 is 10.2 Å². The predicted molar refractivity (Wildman–Crippen MR) is 102 cm³/mol. The summed E-state index contributed by atoms with van der Waals surface area (Å²) in [7, 11) is -3.68. The average Bonchev–Trinajstić information content (AvgIpc) is 2.69. The van der Waals surface area contributed by atoms with E-state index in [4.69, 9.17) is 0 Å². The first kappa shape index (κ1) is 19.8. The molecule has 3 rings (SSSR count). The summed E-state index contributed by atoms with van der Waals surface area (Å²) < 4.78 is 27.2. The van der Waals surface area contributed by atoms with Gasteiger partial charge in [-0.1, -0.05) is 25.3 Å². The minimum absolute atomic E-state index is 0.0478. The molecule has 1 heterocycles. The van der Waals surface area contributed by atoms with Crippen LogP contribution >= 0.6 is 0 Å². The van der Waals surface area contributed by atoms with Crippen molar-refractivity contribution in [2.75, 3.05) is 26.2 Å². The number of carbonyl (C=O) groups excluding carboxylic acids is 2. The van der Waals surface area contributed by atoms with E-state index in [9.17, 15) is 18.0 Å². The zero-order chi connectivity index (χ0) is 19.4. The Bertz CT molecular complexity index is 795. The highest BCUT2D eigenvalue weighted by molar-refractivity contribution is 7.89. The van der Waals surface area contributed by atoms with Gasteiger partial charge in [0.05, 0.1) is 4.90 Å². The van der Waals surface area contributed by atoms with Gasteiger partial charge in [0.15, 0.2) is 0 Å². The van der Waals surface area contributed by atoms with Crippen molar-refractivity contribution in [1.82, 2.24) is 14.5 Å². The second-order valence-corrected chi connectivity index (χ2v) is 9.18. The molecule has 0 bridgehead atoms. The summed E-state index contributed by atoms with van der Waals surface area (Å²) in [5.74, 6) is -0.270. The maximum atomic E-state index is 12.9. The van der Waals surface area contributed by atoms with E-state index in [0.29, 0.717) is 18.7 Å². The molecule has 0 atom stereocenters. The van der Waals surface area contributed by atoms with E-state index in [1.807, 2.05) is 0 Å². The van der Waals surface area contributed by atoms with Crippen LogP contribution in [0.5, 0.6) is 0 Å². The highest BCUT2D eigenvalue weighted by atomic mass is 32.2. The van der Waals surface area contributed by atoms with Crippen LogP contribution in [0, 0.1) is 0 Å². The van der Waals surface area contributed by atoms with Crippen LogP contribution in [0.3, 0.4) is 0 Å². The molecule has 0 radical (unpaired) electrons. The third-order valence-corrected chi connectivity index (χ3v) is 7.25. The molecule has 2 amide bonds. The molecule has 7 nitrogen and oxygen atoms in total. The van der Waals surface area contributed by atoms with Crippen molar-refractivity contribution in [3.63, 3.8) is 0 Å². The molecule has 27 heavy (non-hydrogen) atoms. The molecule has 1 saturated heterocycles. The summed E-state index contributed by atoms with van der Waals surface area (Å²) in [6.45, 7) is 2.78. The zero-order valence-electron chi connectivity index (χ0n) is 15.7. The summed E-state index contributed by atoms with van der Waals surface area (Å²) in [5.41, 5.74) is 0.365. The number of nitrogens with one attached hydrogen (secondary N) is 1. The maximum Gasteiger partial charge on any atom is 0.251 e. The normalized spacial score (nSPS) is 19.7. The fraction of sp³-hybridized carbons (Fsp3) is 0.579. The maximum absolute atomic E-state index is 12.9. The third-order valence-electron chi connectivity index (χ3n) is 5.36. The highest BCUT2D eigenvalue weighted by Gasteiger charge is 2.29. The minimum Gasteiger partial charge on any atom is -0.349 e. The molecule has 1 aliphatic heterocycles. The second kappa shape index (κ2) is 8.39. The number of piperazine rings is 1. The molecule has 148 valence electrons. The first-order valence-corrected chi connectivity index (χ1v) is 11.0. The summed E-state index contributed by atoms with van der Waals surface area (Å²) in [6, 6.07) is 6.39. The lowest BCUT2D eigenvalue weighted by molar-refractivity contribution is -0.129. The van der Waals surface area contributed by atoms with Crippen molar-refractivity contribution in [1.29, 1.82) is 0 Å². The van der Waals surface area contributed by atoms with Gasteiger partial charge in [0.2, 0.25) is 15.9 Å². The Morgan fingerprint density at radius 3 is 2.33 bits per heavy atom. The number of amides is 2. The summed E-state index contributed by atoms with van der Waals surface area (Å²) in [5, 5.41) is 3.02. The summed E-state index contributed by atoms with van der Waals surface area (Å²) in [4.78, 5) is 25.7. The molecule has 1 aromatic rings. The van der Waals surface area contributed by atoms with E-state index < -0.39 is 10.0 Å². The van der Waals surface area contributed by atoms with Crippen LogP contribution in [0.25, 0.3) is 0 Å². The van der Waals surface area contributed by atoms with Crippen molar-refractivity contribution in [2.45, 2.75) is 50.0 Å². The van der Waals surface area contributed by atoms with E-state index >= 15 is 0 Å². The van der Waals surface area contributed by atoms with Crippen LogP contribution in [0.15, 0.2) is 29.2 Å². The second-order valence-electron chi connectivity index (χ2n) is 7.25. The van der Waals surface area contributed by atoms with Crippen LogP contribution in [-0.4, -0.2) is 61.7 Å². The van der Waals surface area contributed by atoms with Gasteiger partial charge in [0.1, 0.15) is 0 Å². The van der Waals surface area contributed by atoms with Crippen molar-refractivity contribution >= 4 is 21.8 Å². The lowest BCUT2D eigenvalue weighted by Gasteiger charge is -2.33. The molecule has 1 aliphatic carbocycles. The number of nitrogens with zero attached hydrogens (tertiary/aromatic N) is 2. The topological polar surface area (TPSA) is 86.8 Å². The van der Waals surface area contributed by atoms with Crippen molar-refractivity contribution < 1.29 is 18.0 Å². The molecular weight excluding hydrogens is 366 g/mol. The smallest absolute Gasteiger partial charge is 0.251 e. The Balaban J connectivity index is 1.70. The van der Waals surface area contributed by atoms with E-state index in [0.717, 1.165) is 25.7 Å². The molecule has 1 N–H and O–H groups in total. The van der Waals surface area contributed by atoms with Crippen LogP contribution in [-0.2, 0) is 14.8 Å². The molecule has 8 heteroatoms. The molecule has 1 aromatic carbocycles. The lowest BCUT2D eigenvalue weighted by Crippen LogP contribution is -2.49. The first-order chi connectivity index (χ1) is 12.9. The van der Waals surface area contributed by atoms with Gasteiger partial charge in [-0.15, -0.1) is 0 Å². The number of carbonyl (C=O) groups is 2. The Morgan fingerprint density at radius 2 is 1.70 bits per heavy atom. The quantitative estimate of drug-likeness (QED) is 0.842. The molecule has 0 spiro atoms. The summed E-state index contributed by atoms with van der Waals surface area (Å²) in [6.07, 6.45) is 5.39. The Labute approximate surface area is 160 Å². The number of hydrogen-bond acceptors (Lipinski definition) is 4. The first-order valence-electron chi connectivity index (χ1n) is 9.54. The van der Waals surface area contributed by atoms with Gasteiger partial charge in [0, 0.05) is 44.7 Å². The van der Waals surface area contributed by atoms with Gasteiger partial charge in [-0.2, -0.15) is 4.31 Å². The number of hydrogen-bond donors (Lipinski definition) is 1. The third kappa shape index (κ3) is 4.68. The van der Waals surface area contributed by atoms with E-state index in [2.05, 4.69) is 5.32 Å². The standard InChI is InChI=1S/C19H27N3O4S/c1-15(23)21-10-12-22(13-11-21)27(25,26)18-9-5-6-16(14-18)19(24)20-17-7-3-2-4-8-17/h5-6,9,14,17H,2-4,7-8,10-13H2,1H3,(H,20,24). The Hall–Kier alpha value is -1.93. The van der Waals surface area contributed by atoms with Gasteiger partial charge in [-0.05, 0) is 31.0 Å². The van der Waals surface area contributed by atoms with Gasteiger partial charge in [-0.25, -0.2) is 8.42 Å². The fourth-order valence-electron chi connectivity index (χ4n) is 3.71. The Morgan fingerprint density at radius 1 is 1.04 bits per heavy atom. The van der Waals surface area contributed by atoms with E-state index in [1.165, 1.54) is 29.8 Å². The molecule has 0 aromatic heterocycles. The predicted octanol–water partition coefficient (Wildman–Crippen LogP) is 1.60. The van der Waals surface area contributed by atoms with Crippen molar-refractivity contribution in [2.24, 2.45) is 0 Å². The van der Waals surface area contributed by atoms with Gasteiger partial charge in [0.25, 0.3) is 5.91 Å². The van der Waals surface area contributed by atoms with Crippen LogP contribution in [0.2, 0.25) is 0 Å². The zero-order valence-corrected chi connectivity index (χ0v) is 16.5. The number of rotatable bonds is 4. The van der Waals surface area contributed by atoms with Crippen molar-refractivity contribution in [3.8, 4) is 0 Å². The van der Waals surface area contributed by atoms with Gasteiger partial charge >= 0.3 is 0 Å². The number of benzene rings is 1. The van der Waals surface area contributed by atoms with Crippen molar-refractivity contribution in [3.05, 3.63) is 29.8 Å². The monoisotopic (exact) mass is 393 g/mol. The fourth-order valence-corrected chi connectivity index (χ4v) is 5.17. The molecule has 1 saturated carbocycles. The lowest BCUT2D eigenvalue weighted by atomic mass is 9.95. The molecular formula is C19H27N3O4S. The SMILES string of the molecule is CC(=O)N1CCN(S(=O)(=O)c2cccc(C(=O)NC3CCCCC3)c2)CC1. The average molecular weight is 394 g/mol. The minimum atomic E-state index is -3.68. The molecule has 2 aliphatic rings. The molecule has 2 fully saturated rings. The summed E-state index contributed by atoms with van der Waals surface area (Å²) >= 11 is 0.